The van der Waals surface area contributed by atoms with Crippen LogP contribution in [0.2, 0.25) is 0 Å². The van der Waals surface area contributed by atoms with Crippen LogP contribution in [0.15, 0.2) is 11.1 Å². The molecule has 0 bridgehead atoms. The molecule has 0 aromatic rings. The van der Waals surface area contributed by atoms with Gasteiger partial charge >= 0.3 is 11.9 Å². The van der Waals surface area contributed by atoms with Gasteiger partial charge in [-0.25, -0.2) is 4.79 Å². The number of carbonyl (C=O) groups excluding carboxylic acids is 3. The van der Waals surface area contributed by atoms with Gasteiger partial charge in [0, 0.05) is 13.0 Å². The number of amides is 2. The first kappa shape index (κ1) is 21.3. The van der Waals surface area contributed by atoms with E-state index in [-0.39, 0.29) is 12.1 Å². The molecular weight excluding hydrogens is 348 g/mol. The molecule has 0 aliphatic carbocycles. The van der Waals surface area contributed by atoms with Crippen LogP contribution >= 0.6 is 0 Å². The normalized spacial score (nSPS) is 20.2. The minimum absolute atomic E-state index is 0.0367. The van der Waals surface area contributed by atoms with E-state index in [1.807, 2.05) is 5.32 Å². The Hall–Kier alpha value is -2.79. The zero-order chi connectivity index (χ0) is 20.2. The van der Waals surface area contributed by atoms with Gasteiger partial charge in [-0.1, -0.05) is 0 Å². The van der Waals surface area contributed by atoms with Gasteiger partial charge in [-0.05, 0) is 19.4 Å². The number of rotatable bonds is 9. The maximum atomic E-state index is 12.6. The monoisotopic (exact) mass is 370 g/mol. The van der Waals surface area contributed by atoms with Crippen LogP contribution in [0.3, 0.4) is 0 Å². The lowest BCUT2D eigenvalue weighted by Crippen LogP contribution is -2.59. The van der Waals surface area contributed by atoms with E-state index in [0.717, 1.165) is 0 Å². The molecule has 1 aliphatic heterocycles. The third-order valence-electron chi connectivity index (χ3n) is 4.06. The Labute approximate surface area is 148 Å². The van der Waals surface area contributed by atoms with E-state index < -0.39 is 60.0 Å². The molecule has 144 valence electrons. The number of nitrogens with one attached hydrogen (secondary N) is 2. The van der Waals surface area contributed by atoms with E-state index in [1.54, 1.807) is 0 Å². The van der Waals surface area contributed by atoms with Crippen LogP contribution < -0.4 is 22.1 Å². The molecule has 2 amide bonds. The van der Waals surface area contributed by atoms with Crippen molar-refractivity contribution in [2.45, 2.75) is 44.3 Å². The fourth-order valence-corrected chi connectivity index (χ4v) is 2.60. The van der Waals surface area contributed by atoms with Gasteiger partial charge < -0.3 is 32.3 Å². The summed E-state index contributed by atoms with van der Waals surface area (Å²) in [6.07, 6.45) is -1.99. The Morgan fingerprint density at radius 3 is 2.23 bits per heavy atom. The lowest BCUT2D eigenvalue weighted by Gasteiger charge is -2.29. The minimum atomic E-state index is -2.44. The van der Waals surface area contributed by atoms with E-state index in [2.05, 4.69) is 5.32 Å². The number of aliphatic carboxylic acids is 2. The van der Waals surface area contributed by atoms with E-state index in [4.69, 9.17) is 16.6 Å². The summed E-state index contributed by atoms with van der Waals surface area (Å²) < 4.78 is 0. The van der Waals surface area contributed by atoms with Crippen LogP contribution in [-0.2, 0) is 24.0 Å². The molecule has 0 aromatic carbocycles. The number of hydrogen-bond acceptors (Lipinski definition) is 7. The number of Topliss-reactive ketones (excluding diaryl/α,β-unsaturated/α-hetero) is 1. The molecule has 1 aliphatic rings. The largest absolute Gasteiger partial charge is 0.481 e. The van der Waals surface area contributed by atoms with E-state index >= 15 is 0 Å². The zero-order valence-electron chi connectivity index (χ0n) is 14.4. The van der Waals surface area contributed by atoms with E-state index in [1.165, 1.54) is 13.8 Å². The highest BCUT2D eigenvalue weighted by molar-refractivity contribution is 6.22. The summed E-state index contributed by atoms with van der Waals surface area (Å²) in [5, 5.41) is 23.1. The Kier molecular flexibility index (Phi) is 6.59. The molecule has 1 unspecified atom stereocenters. The topological polar surface area (TPSA) is 202 Å². The van der Waals surface area contributed by atoms with Crippen molar-refractivity contribution in [1.82, 2.24) is 10.6 Å². The van der Waals surface area contributed by atoms with Crippen molar-refractivity contribution < 1.29 is 34.2 Å². The third kappa shape index (κ3) is 4.43. The quantitative estimate of drug-likeness (QED) is 0.237. The standard InChI is InChI=1S/C15H22N4O7/c1-6-8(5-16)18-13(24)11(6)9(20)3-15(14(25)26,4-10(21)22)19-12(23)7(2)17/h7-8H,3-5,16-17H2,1-2H3,(H,18,24)(H,19,23)(H,21,22)(H,25,26)/t7-,8-,15?/m0/s1. The van der Waals surface area contributed by atoms with Crippen molar-refractivity contribution in [1.29, 1.82) is 0 Å². The summed E-state index contributed by atoms with van der Waals surface area (Å²) in [6.45, 7) is 2.80. The maximum absolute atomic E-state index is 12.6. The summed E-state index contributed by atoms with van der Waals surface area (Å²) in [4.78, 5) is 59.3. The number of carboxylic acids is 2. The van der Waals surface area contributed by atoms with Gasteiger partial charge in [-0.15, -0.1) is 0 Å². The van der Waals surface area contributed by atoms with Gasteiger partial charge in [0.2, 0.25) is 5.91 Å². The van der Waals surface area contributed by atoms with Gasteiger partial charge in [-0.3, -0.25) is 19.2 Å². The van der Waals surface area contributed by atoms with Crippen LogP contribution in [-0.4, -0.2) is 63.9 Å². The molecule has 11 heteroatoms. The molecule has 0 spiro atoms. The van der Waals surface area contributed by atoms with Crippen molar-refractivity contribution in [3.05, 3.63) is 11.1 Å². The van der Waals surface area contributed by atoms with Crippen LogP contribution in [0.25, 0.3) is 0 Å². The summed E-state index contributed by atoms with van der Waals surface area (Å²) in [5.41, 5.74) is 8.47. The maximum Gasteiger partial charge on any atom is 0.330 e. The molecular formula is C15H22N4O7. The van der Waals surface area contributed by atoms with Crippen molar-refractivity contribution >= 4 is 29.5 Å². The van der Waals surface area contributed by atoms with Gasteiger partial charge in [0.25, 0.3) is 5.91 Å². The molecule has 0 aromatic heterocycles. The number of ketones is 1. The summed E-state index contributed by atoms with van der Waals surface area (Å²) >= 11 is 0. The summed E-state index contributed by atoms with van der Waals surface area (Å²) in [5.74, 6) is -5.86. The van der Waals surface area contributed by atoms with Crippen molar-refractivity contribution in [2.24, 2.45) is 11.5 Å². The molecule has 0 fully saturated rings. The smallest absolute Gasteiger partial charge is 0.330 e. The average molecular weight is 370 g/mol. The molecule has 0 saturated heterocycles. The zero-order valence-corrected chi connectivity index (χ0v) is 14.4. The van der Waals surface area contributed by atoms with Crippen LogP contribution in [0.4, 0.5) is 0 Å². The first-order chi connectivity index (χ1) is 11.9. The molecule has 11 nitrogen and oxygen atoms in total. The number of hydrogen-bond donors (Lipinski definition) is 6. The average Bonchev–Trinajstić information content (AvgIpc) is 2.80. The second kappa shape index (κ2) is 8.06. The molecule has 8 N–H and O–H groups in total. The van der Waals surface area contributed by atoms with Crippen molar-refractivity contribution in [3.8, 4) is 0 Å². The number of carbonyl (C=O) groups is 5. The summed E-state index contributed by atoms with van der Waals surface area (Å²) in [6, 6.07) is -1.70. The molecule has 1 heterocycles. The van der Waals surface area contributed by atoms with Crippen LogP contribution in [0.5, 0.6) is 0 Å². The third-order valence-corrected chi connectivity index (χ3v) is 4.06. The second-order valence-electron chi connectivity index (χ2n) is 6.16. The first-order valence-corrected chi connectivity index (χ1v) is 7.73. The highest BCUT2D eigenvalue weighted by Crippen LogP contribution is 2.24. The molecule has 26 heavy (non-hydrogen) atoms. The Balaban J connectivity index is 3.27. The Morgan fingerprint density at radius 2 is 1.85 bits per heavy atom. The van der Waals surface area contributed by atoms with Gasteiger partial charge in [-0.2, -0.15) is 0 Å². The highest BCUT2D eigenvalue weighted by atomic mass is 16.4. The predicted molar refractivity (Wildman–Crippen MR) is 87.7 cm³/mol. The van der Waals surface area contributed by atoms with Gasteiger partial charge in [0.1, 0.15) is 0 Å². The lowest BCUT2D eigenvalue weighted by molar-refractivity contribution is -0.154. The number of carboxylic acid groups (broad SMARTS) is 2. The fraction of sp³-hybridized carbons (Fsp3) is 0.533. The van der Waals surface area contributed by atoms with Crippen molar-refractivity contribution in [2.75, 3.05) is 6.54 Å². The molecule has 1 rings (SSSR count). The highest BCUT2D eigenvalue weighted by Gasteiger charge is 2.46. The Morgan fingerprint density at radius 1 is 1.27 bits per heavy atom. The fourth-order valence-electron chi connectivity index (χ4n) is 2.60. The predicted octanol–water partition coefficient (Wildman–Crippen LogP) is -2.52. The van der Waals surface area contributed by atoms with E-state index in [9.17, 15) is 29.1 Å². The van der Waals surface area contributed by atoms with Gasteiger partial charge in [0.05, 0.1) is 24.1 Å². The molecule has 0 radical (unpaired) electrons. The molecule has 0 saturated carbocycles. The van der Waals surface area contributed by atoms with Crippen LogP contribution in [0, 0.1) is 0 Å². The first-order valence-electron chi connectivity index (χ1n) is 7.73. The minimum Gasteiger partial charge on any atom is -0.481 e. The van der Waals surface area contributed by atoms with Gasteiger partial charge in [0.15, 0.2) is 11.3 Å². The van der Waals surface area contributed by atoms with Crippen molar-refractivity contribution in [3.63, 3.8) is 0 Å². The SMILES string of the molecule is CC1=C(C(=O)CC(CC(=O)O)(NC(=O)[C@H](C)N)C(=O)O)C(=O)N[C@H]1CN. The van der Waals surface area contributed by atoms with Crippen LogP contribution in [0.1, 0.15) is 26.7 Å². The molecule has 3 atom stereocenters. The van der Waals surface area contributed by atoms with E-state index in [0.29, 0.717) is 5.57 Å². The lowest BCUT2D eigenvalue weighted by atomic mass is 9.85. The Bertz CT molecular complexity index is 685. The summed E-state index contributed by atoms with van der Waals surface area (Å²) in [7, 11) is 0. The number of nitrogens with two attached hydrogens (primary N) is 2. The second-order valence-corrected chi connectivity index (χ2v) is 6.16.